The maximum atomic E-state index is 12.5. The van der Waals surface area contributed by atoms with Crippen LogP contribution in [0.5, 0.6) is 0 Å². The highest BCUT2D eigenvalue weighted by Crippen LogP contribution is 2.71. The number of ether oxygens (including phenoxy) is 2. The first kappa shape index (κ1) is 29.4. The molecule has 1 aromatic heterocycles. The summed E-state index contributed by atoms with van der Waals surface area (Å²) in [5.74, 6) is -0.449. The maximum Gasteiger partial charge on any atom is 0.335 e. The van der Waals surface area contributed by atoms with Crippen molar-refractivity contribution in [1.29, 1.82) is 0 Å². The van der Waals surface area contributed by atoms with E-state index in [2.05, 4.69) is 0 Å². The van der Waals surface area contributed by atoms with E-state index in [1.165, 1.54) is 12.3 Å². The van der Waals surface area contributed by atoms with E-state index in [1.807, 2.05) is 13.8 Å². The minimum atomic E-state index is -1.55. The molecule has 0 unspecified atom stereocenters. The van der Waals surface area contributed by atoms with Crippen LogP contribution in [0.3, 0.4) is 0 Å². The van der Waals surface area contributed by atoms with Crippen molar-refractivity contribution in [2.45, 2.75) is 119 Å². The Morgan fingerprint density at radius 3 is 2.41 bits per heavy atom. The molecule has 4 aliphatic carbocycles. The molecule has 0 bridgehead atoms. The molecule has 2 heterocycles. The molecular formula is C30H42O11. The summed E-state index contributed by atoms with van der Waals surface area (Å²) < 4.78 is 16.7. The second kappa shape index (κ2) is 9.93. The molecule has 1 aliphatic heterocycles. The topological polar surface area (TPSA) is 190 Å². The first-order valence-electron chi connectivity index (χ1n) is 14.7. The fraction of sp³-hybridized carbons (Fsp3) is 0.767. The molecule has 4 fully saturated rings. The summed E-state index contributed by atoms with van der Waals surface area (Å²) in [6.07, 6.45) is -2.14. The van der Waals surface area contributed by atoms with Gasteiger partial charge in [0.25, 0.3) is 0 Å². The molecule has 228 valence electrons. The Bertz CT molecular complexity index is 1230. The lowest BCUT2D eigenvalue weighted by atomic mass is 9.42. The Labute approximate surface area is 238 Å². The number of aliphatic hydroxyl groups is 7. The Hall–Kier alpha value is -1.67. The van der Waals surface area contributed by atoms with Crippen molar-refractivity contribution in [3.63, 3.8) is 0 Å². The zero-order valence-corrected chi connectivity index (χ0v) is 23.4. The zero-order chi connectivity index (χ0) is 29.5. The molecule has 7 N–H and O–H groups in total. The average molecular weight is 579 g/mol. The van der Waals surface area contributed by atoms with Gasteiger partial charge in [-0.2, -0.15) is 0 Å². The lowest BCUT2D eigenvalue weighted by Gasteiger charge is -2.66. The standard InChI is InChI=1S/C30H42O11/c1-27-8-5-16(40-26-25(36)24(35)23(34)20(13-31)41-26)11-18(27)19(32)12-29(37)21(27)7-9-28(2)17(6-10-30(28,29)38)15-3-4-22(33)39-14-15/h3-4,11,14,16-17,19-21,23-26,31-32,34-38H,5-10,12-13H2,1-2H3/t16-,17+,19-,20-,21-,23-,24+,25-,26-,27+,28-,29+,30+/m1/s1. The number of hydrogen-bond acceptors (Lipinski definition) is 11. The number of rotatable bonds is 4. The molecule has 3 saturated carbocycles. The van der Waals surface area contributed by atoms with Gasteiger partial charge < -0.3 is 49.6 Å². The molecule has 1 aromatic rings. The lowest BCUT2D eigenvalue weighted by Crippen LogP contribution is -2.73. The van der Waals surface area contributed by atoms with Gasteiger partial charge in [-0.05, 0) is 73.0 Å². The van der Waals surface area contributed by atoms with Gasteiger partial charge in [-0.25, -0.2) is 4.79 Å². The van der Waals surface area contributed by atoms with Crippen molar-refractivity contribution in [1.82, 2.24) is 0 Å². The number of aliphatic hydroxyl groups excluding tert-OH is 5. The summed E-state index contributed by atoms with van der Waals surface area (Å²) in [5.41, 5.74) is -3.26. The van der Waals surface area contributed by atoms with Gasteiger partial charge in [-0.1, -0.05) is 19.9 Å². The van der Waals surface area contributed by atoms with Crippen LogP contribution >= 0.6 is 0 Å². The Morgan fingerprint density at radius 2 is 1.73 bits per heavy atom. The van der Waals surface area contributed by atoms with Crippen molar-refractivity contribution in [3.05, 3.63) is 46.0 Å². The highest BCUT2D eigenvalue weighted by molar-refractivity contribution is 5.37. The minimum Gasteiger partial charge on any atom is -0.431 e. The third-order valence-corrected chi connectivity index (χ3v) is 11.6. The largest absolute Gasteiger partial charge is 0.431 e. The van der Waals surface area contributed by atoms with E-state index in [9.17, 15) is 40.5 Å². The van der Waals surface area contributed by atoms with Gasteiger partial charge in [0, 0.05) is 17.9 Å². The monoisotopic (exact) mass is 578 g/mol. The average Bonchev–Trinajstić information content (AvgIpc) is 3.22. The van der Waals surface area contributed by atoms with Crippen LogP contribution < -0.4 is 5.63 Å². The summed E-state index contributed by atoms with van der Waals surface area (Å²) in [7, 11) is 0. The SMILES string of the molecule is C[C@]12CC[C@@H](O[C@@H]3O[C@H](CO)[C@@H](O)[C@H](O)[C@H]3O)C=C1[C@H](O)C[C@]1(O)[C@@H]2CC[C@]2(C)[C@H](c3ccc(=O)oc3)CC[C@]21O. The third kappa shape index (κ3) is 4.08. The van der Waals surface area contributed by atoms with Crippen molar-refractivity contribution in [2.24, 2.45) is 16.7 Å². The fourth-order valence-corrected chi connectivity index (χ4v) is 9.36. The molecule has 5 aliphatic rings. The van der Waals surface area contributed by atoms with Crippen LogP contribution in [0.2, 0.25) is 0 Å². The summed E-state index contributed by atoms with van der Waals surface area (Å²) in [4.78, 5) is 11.6. The van der Waals surface area contributed by atoms with Gasteiger partial charge >= 0.3 is 5.63 Å². The molecule has 6 rings (SSSR count). The van der Waals surface area contributed by atoms with E-state index in [4.69, 9.17) is 13.9 Å². The van der Waals surface area contributed by atoms with Crippen molar-refractivity contribution in [2.75, 3.05) is 6.61 Å². The van der Waals surface area contributed by atoms with Crippen LogP contribution in [0.25, 0.3) is 0 Å². The van der Waals surface area contributed by atoms with Crippen LogP contribution in [0.4, 0.5) is 0 Å². The quantitative estimate of drug-likeness (QED) is 0.239. The van der Waals surface area contributed by atoms with Gasteiger partial charge in [-0.15, -0.1) is 0 Å². The predicted octanol–water partition coefficient (Wildman–Crippen LogP) is 0.0719. The Morgan fingerprint density at radius 1 is 0.976 bits per heavy atom. The molecule has 1 saturated heterocycles. The van der Waals surface area contributed by atoms with E-state index >= 15 is 0 Å². The zero-order valence-electron chi connectivity index (χ0n) is 23.4. The fourth-order valence-electron chi connectivity index (χ4n) is 9.36. The summed E-state index contributed by atoms with van der Waals surface area (Å²) in [6, 6.07) is 3.11. The van der Waals surface area contributed by atoms with Gasteiger partial charge in [0.1, 0.15) is 30.0 Å². The first-order chi connectivity index (χ1) is 19.3. The third-order valence-electron chi connectivity index (χ3n) is 11.6. The second-order valence-corrected chi connectivity index (χ2v) is 13.4. The van der Waals surface area contributed by atoms with Crippen LogP contribution in [-0.2, 0) is 9.47 Å². The summed E-state index contributed by atoms with van der Waals surface area (Å²) in [6.45, 7) is 3.45. The second-order valence-electron chi connectivity index (χ2n) is 13.4. The van der Waals surface area contributed by atoms with Crippen LogP contribution in [0.1, 0.15) is 70.3 Å². The highest BCUT2D eigenvalue weighted by Gasteiger charge is 2.74. The normalized spacial score (nSPS) is 51.3. The number of hydrogen-bond donors (Lipinski definition) is 7. The van der Waals surface area contributed by atoms with Gasteiger partial charge in [0.15, 0.2) is 6.29 Å². The van der Waals surface area contributed by atoms with Crippen molar-refractivity contribution in [3.8, 4) is 0 Å². The Kier molecular flexibility index (Phi) is 7.12. The molecule has 11 heteroatoms. The van der Waals surface area contributed by atoms with Gasteiger partial charge in [0.2, 0.25) is 0 Å². The first-order valence-corrected chi connectivity index (χ1v) is 14.7. The van der Waals surface area contributed by atoms with Gasteiger partial charge in [-0.3, -0.25) is 0 Å². The molecular weight excluding hydrogens is 536 g/mol. The lowest BCUT2D eigenvalue weighted by molar-refractivity contribution is -0.310. The highest BCUT2D eigenvalue weighted by atomic mass is 16.7. The summed E-state index contributed by atoms with van der Waals surface area (Å²) in [5, 5.41) is 76.6. The molecule has 0 radical (unpaired) electrons. The van der Waals surface area contributed by atoms with E-state index in [0.717, 1.165) is 5.56 Å². The van der Waals surface area contributed by atoms with Gasteiger partial charge in [0.05, 0.1) is 30.7 Å². The minimum absolute atomic E-state index is 0.0471. The van der Waals surface area contributed by atoms with E-state index in [-0.39, 0.29) is 18.3 Å². The smallest absolute Gasteiger partial charge is 0.335 e. The van der Waals surface area contributed by atoms with Crippen molar-refractivity contribution < 1.29 is 49.6 Å². The van der Waals surface area contributed by atoms with E-state index in [1.54, 1.807) is 12.1 Å². The molecule has 13 atom stereocenters. The molecule has 0 spiro atoms. The maximum absolute atomic E-state index is 12.5. The van der Waals surface area contributed by atoms with Crippen LogP contribution in [0.15, 0.2) is 39.3 Å². The predicted molar refractivity (Wildman–Crippen MR) is 142 cm³/mol. The molecule has 41 heavy (non-hydrogen) atoms. The number of fused-ring (bicyclic) bond motifs is 5. The van der Waals surface area contributed by atoms with Crippen LogP contribution in [0, 0.1) is 16.7 Å². The molecule has 0 amide bonds. The summed E-state index contributed by atoms with van der Waals surface area (Å²) >= 11 is 0. The molecule has 0 aromatic carbocycles. The van der Waals surface area contributed by atoms with Crippen LogP contribution in [-0.4, -0.2) is 96.5 Å². The van der Waals surface area contributed by atoms with E-state index in [0.29, 0.717) is 44.1 Å². The van der Waals surface area contributed by atoms with Crippen molar-refractivity contribution >= 4 is 0 Å². The molecule has 11 nitrogen and oxygen atoms in total. The van der Waals surface area contributed by atoms with E-state index < -0.39 is 77.2 Å². The Balaban J connectivity index is 1.27.